The molecule has 2 rings (SSSR count). The minimum atomic E-state index is -0.414. The predicted molar refractivity (Wildman–Crippen MR) is 86.7 cm³/mol. The Labute approximate surface area is 134 Å². The van der Waals surface area contributed by atoms with Gasteiger partial charge < -0.3 is 20.3 Å². The van der Waals surface area contributed by atoms with Crippen LogP contribution in [-0.4, -0.2) is 23.9 Å². The quantitative estimate of drug-likeness (QED) is 0.792. The molecule has 0 radical (unpaired) electrons. The van der Waals surface area contributed by atoms with Gasteiger partial charge in [0.05, 0.1) is 17.2 Å². The van der Waals surface area contributed by atoms with Crippen LogP contribution in [0.3, 0.4) is 0 Å². The lowest BCUT2D eigenvalue weighted by atomic mass is 10.1. The normalized spacial score (nSPS) is 22.7. The van der Waals surface area contributed by atoms with E-state index < -0.39 is 6.10 Å². The van der Waals surface area contributed by atoms with Crippen molar-refractivity contribution in [1.29, 1.82) is 0 Å². The van der Waals surface area contributed by atoms with Gasteiger partial charge in [-0.2, -0.15) is 0 Å². The molecular formula is C16H24BrNO3. The smallest absolute Gasteiger partial charge is 0.175 e. The van der Waals surface area contributed by atoms with Crippen molar-refractivity contribution in [3.8, 4) is 11.5 Å². The zero-order valence-corrected chi connectivity index (χ0v) is 14.1. The van der Waals surface area contributed by atoms with Gasteiger partial charge in [-0.1, -0.05) is 12.8 Å². The molecule has 1 aliphatic rings. The van der Waals surface area contributed by atoms with E-state index in [2.05, 4.69) is 15.9 Å². The zero-order valence-electron chi connectivity index (χ0n) is 12.5. The summed E-state index contributed by atoms with van der Waals surface area (Å²) in [4.78, 5) is 0. The van der Waals surface area contributed by atoms with E-state index in [9.17, 15) is 5.11 Å². The summed E-state index contributed by atoms with van der Waals surface area (Å²) < 4.78 is 12.6. The van der Waals surface area contributed by atoms with Crippen molar-refractivity contribution >= 4 is 15.9 Å². The van der Waals surface area contributed by atoms with Gasteiger partial charge in [-0.05, 0) is 59.8 Å². The molecule has 2 atom stereocenters. The lowest BCUT2D eigenvalue weighted by molar-refractivity contribution is 0.0297. The van der Waals surface area contributed by atoms with Crippen LogP contribution in [0.15, 0.2) is 16.6 Å². The number of rotatable bonds is 5. The molecule has 1 aliphatic carbocycles. The number of aliphatic hydroxyl groups is 1. The number of hydrogen-bond donors (Lipinski definition) is 2. The Bertz CT molecular complexity index is 467. The van der Waals surface area contributed by atoms with Gasteiger partial charge in [0, 0.05) is 6.54 Å². The molecule has 0 bridgehead atoms. The maximum atomic E-state index is 10.2. The first-order valence-electron chi connectivity index (χ1n) is 7.65. The van der Waals surface area contributed by atoms with Gasteiger partial charge in [-0.25, -0.2) is 0 Å². The third-order valence-electron chi connectivity index (χ3n) is 3.79. The van der Waals surface area contributed by atoms with Crippen LogP contribution in [-0.2, 0) is 6.54 Å². The van der Waals surface area contributed by atoms with E-state index in [1.54, 1.807) is 0 Å². The van der Waals surface area contributed by atoms with Crippen molar-refractivity contribution in [1.82, 2.24) is 0 Å². The topological polar surface area (TPSA) is 64.7 Å². The first-order chi connectivity index (χ1) is 10.2. The summed E-state index contributed by atoms with van der Waals surface area (Å²) in [5.74, 6) is 1.35. The van der Waals surface area contributed by atoms with Crippen molar-refractivity contribution < 1.29 is 14.6 Å². The number of hydrogen-bond acceptors (Lipinski definition) is 4. The minimum absolute atomic E-state index is 0.174. The molecular weight excluding hydrogens is 334 g/mol. The predicted octanol–water partition coefficient (Wildman–Crippen LogP) is 3.38. The number of nitrogens with two attached hydrogens (primary N) is 1. The molecule has 0 saturated heterocycles. The summed E-state index contributed by atoms with van der Waals surface area (Å²) >= 11 is 3.53. The van der Waals surface area contributed by atoms with E-state index in [0.29, 0.717) is 24.7 Å². The van der Waals surface area contributed by atoms with Crippen molar-refractivity contribution in [3.05, 3.63) is 22.2 Å². The van der Waals surface area contributed by atoms with E-state index in [1.807, 2.05) is 19.1 Å². The summed E-state index contributed by atoms with van der Waals surface area (Å²) in [6.45, 7) is 2.95. The van der Waals surface area contributed by atoms with Gasteiger partial charge in [0.2, 0.25) is 0 Å². The van der Waals surface area contributed by atoms with Crippen LogP contribution in [0.2, 0.25) is 0 Å². The third-order valence-corrected chi connectivity index (χ3v) is 4.38. The second kappa shape index (κ2) is 8.01. The average molecular weight is 358 g/mol. The van der Waals surface area contributed by atoms with Crippen molar-refractivity contribution in [3.63, 3.8) is 0 Å². The summed E-state index contributed by atoms with van der Waals surface area (Å²) in [6.07, 6.45) is 4.39. The Morgan fingerprint density at radius 1 is 1.29 bits per heavy atom. The Morgan fingerprint density at radius 2 is 2.05 bits per heavy atom. The van der Waals surface area contributed by atoms with Crippen LogP contribution in [0.4, 0.5) is 0 Å². The van der Waals surface area contributed by atoms with Gasteiger partial charge in [0.15, 0.2) is 11.5 Å². The summed E-state index contributed by atoms with van der Waals surface area (Å²) in [5, 5.41) is 10.2. The molecule has 5 heteroatoms. The monoisotopic (exact) mass is 357 g/mol. The molecule has 118 valence electrons. The Morgan fingerprint density at radius 3 is 2.76 bits per heavy atom. The van der Waals surface area contributed by atoms with Crippen molar-refractivity contribution in [2.75, 3.05) is 6.61 Å². The molecule has 21 heavy (non-hydrogen) atoms. The molecule has 4 nitrogen and oxygen atoms in total. The van der Waals surface area contributed by atoms with E-state index in [-0.39, 0.29) is 6.10 Å². The maximum Gasteiger partial charge on any atom is 0.175 e. The summed E-state index contributed by atoms with van der Waals surface area (Å²) in [6, 6.07) is 3.85. The Hall–Kier alpha value is -0.780. The second-order valence-corrected chi connectivity index (χ2v) is 6.26. The molecule has 1 aromatic rings. The largest absolute Gasteiger partial charge is 0.490 e. The number of benzene rings is 1. The molecule has 1 fully saturated rings. The van der Waals surface area contributed by atoms with Crippen LogP contribution in [0.1, 0.15) is 44.6 Å². The highest BCUT2D eigenvalue weighted by Gasteiger charge is 2.25. The van der Waals surface area contributed by atoms with Crippen LogP contribution >= 0.6 is 15.9 Å². The average Bonchev–Trinajstić information content (AvgIpc) is 2.67. The highest BCUT2D eigenvalue weighted by atomic mass is 79.9. The Kier molecular flexibility index (Phi) is 6.33. The van der Waals surface area contributed by atoms with Gasteiger partial charge in [0.1, 0.15) is 6.10 Å². The molecule has 0 spiro atoms. The summed E-state index contributed by atoms with van der Waals surface area (Å²) in [5.41, 5.74) is 6.69. The van der Waals surface area contributed by atoms with Crippen molar-refractivity contribution in [2.24, 2.45) is 5.73 Å². The third kappa shape index (κ3) is 4.34. The molecule has 0 amide bonds. The van der Waals surface area contributed by atoms with Crippen LogP contribution in [0.5, 0.6) is 11.5 Å². The first-order valence-corrected chi connectivity index (χ1v) is 8.45. The Balaban J connectivity index is 2.24. The highest BCUT2D eigenvalue weighted by Crippen LogP contribution is 2.39. The number of aliphatic hydroxyl groups excluding tert-OH is 1. The van der Waals surface area contributed by atoms with Crippen molar-refractivity contribution in [2.45, 2.75) is 57.8 Å². The van der Waals surface area contributed by atoms with E-state index in [0.717, 1.165) is 42.1 Å². The van der Waals surface area contributed by atoms with Crippen LogP contribution in [0.25, 0.3) is 0 Å². The van der Waals surface area contributed by atoms with Crippen LogP contribution < -0.4 is 15.2 Å². The zero-order chi connectivity index (χ0) is 15.2. The second-order valence-electron chi connectivity index (χ2n) is 5.40. The lowest BCUT2D eigenvalue weighted by Crippen LogP contribution is -2.30. The fourth-order valence-electron chi connectivity index (χ4n) is 2.66. The highest BCUT2D eigenvalue weighted by molar-refractivity contribution is 9.10. The van der Waals surface area contributed by atoms with Gasteiger partial charge in [0.25, 0.3) is 0 Å². The standard InChI is InChI=1S/C16H24BrNO3/c1-2-20-15-9-11(10-18)8-12(17)16(15)21-14-7-5-3-4-6-13(14)19/h8-9,13-14,19H,2-7,10,18H2,1H3. The van der Waals surface area contributed by atoms with E-state index in [4.69, 9.17) is 15.2 Å². The maximum absolute atomic E-state index is 10.2. The first kappa shape index (κ1) is 16.6. The SMILES string of the molecule is CCOc1cc(CN)cc(Br)c1OC1CCCCCC1O. The molecule has 1 aromatic carbocycles. The molecule has 2 unspecified atom stereocenters. The van der Waals surface area contributed by atoms with Gasteiger partial charge in [-0.3, -0.25) is 0 Å². The molecule has 0 heterocycles. The lowest BCUT2D eigenvalue weighted by Gasteiger charge is -2.24. The molecule has 1 saturated carbocycles. The van der Waals surface area contributed by atoms with Crippen LogP contribution in [0, 0.1) is 0 Å². The van der Waals surface area contributed by atoms with Gasteiger partial charge >= 0.3 is 0 Å². The van der Waals surface area contributed by atoms with Gasteiger partial charge in [-0.15, -0.1) is 0 Å². The van der Waals surface area contributed by atoms with E-state index in [1.165, 1.54) is 0 Å². The molecule has 0 aromatic heterocycles. The molecule has 3 N–H and O–H groups in total. The summed E-state index contributed by atoms with van der Waals surface area (Å²) in [7, 11) is 0. The van der Waals surface area contributed by atoms with E-state index >= 15 is 0 Å². The fourth-order valence-corrected chi connectivity index (χ4v) is 3.24. The minimum Gasteiger partial charge on any atom is -0.490 e. The molecule has 0 aliphatic heterocycles. The fraction of sp³-hybridized carbons (Fsp3) is 0.625. The number of ether oxygens (including phenoxy) is 2. The number of halogens is 1.